The van der Waals surface area contributed by atoms with Crippen molar-refractivity contribution >= 4 is 11.6 Å². The van der Waals surface area contributed by atoms with Crippen LogP contribution < -0.4 is 10.2 Å². The van der Waals surface area contributed by atoms with Gasteiger partial charge in [0.05, 0.1) is 0 Å². The summed E-state index contributed by atoms with van der Waals surface area (Å²) in [6.45, 7) is 3.05. The first kappa shape index (κ1) is 15.4. The van der Waals surface area contributed by atoms with E-state index in [0.717, 1.165) is 50.5 Å². The molecule has 24 heavy (non-hydrogen) atoms. The van der Waals surface area contributed by atoms with E-state index in [9.17, 15) is 5.11 Å². The molecule has 2 N–H and O–H groups in total. The highest BCUT2D eigenvalue weighted by Crippen LogP contribution is 2.34. The summed E-state index contributed by atoms with van der Waals surface area (Å²) in [4.78, 5) is 11.0. The third kappa shape index (κ3) is 3.08. The number of anilines is 2. The van der Waals surface area contributed by atoms with Gasteiger partial charge in [0.25, 0.3) is 0 Å². The molecule has 4 rings (SSSR count). The molecule has 1 aromatic carbocycles. The van der Waals surface area contributed by atoms with Gasteiger partial charge in [0.15, 0.2) is 0 Å². The predicted molar refractivity (Wildman–Crippen MR) is 95.4 cm³/mol. The zero-order valence-corrected chi connectivity index (χ0v) is 13.9. The summed E-state index contributed by atoms with van der Waals surface area (Å²) < 4.78 is 0. The molecule has 2 heterocycles. The summed E-state index contributed by atoms with van der Waals surface area (Å²) in [6.07, 6.45) is 4.99. The molecule has 1 fully saturated rings. The minimum absolute atomic E-state index is 0.258. The number of hydrogen-bond donors (Lipinski definition) is 2. The van der Waals surface area contributed by atoms with Crippen LogP contribution in [0.15, 0.2) is 36.7 Å². The van der Waals surface area contributed by atoms with Gasteiger partial charge in [-0.05, 0) is 36.3 Å². The first-order chi connectivity index (χ1) is 11.8. The number of aromatic nitrogens is 2. The molecule has 5 heteroatoms. The highest BCUT2D eigenvalue weighted by atomic mass is 16.3. The zero-order valence-electron chi connectivity index (χ0n) is 13.9. The monoisotopic (exact) mass is 324 g/mol. The number of piperidine rings is 1. The van der Waals surface area contributed by atoms with Crippen LogP contribution in [0.25, 0.3) is 0 Å². The Kier molecular flexibility index (Phi) is 4.34. The fourth-order valence-corrected chi connectivity index (χ4v) is 3.81. The fraction of sp³-hybridized carbons (Fsp3) is 0.474. The molecule has 0 bridgehead atoms. The van der Waals surface area contributed by atoms with Gasteiger partial charge in [-0.15, -0.1) is 0 Å². The van der Waals surface area contributed by atoms with Crippen molar-refractivity contribution in [2.24, 2.45) is 5.92 Å². The first-order valence-electron chi connectivity index (χ1n) is 8.83. The molecule has 0 spiro atoms. The lowest BCUT2D eigenvalue weighted by Gasteiger charge is -2.33. The van der Waals surface area contributed by atoms with Crippen LogP contribution in [-0.2, 0) is 6.42 Å². The van der Waals surface area contributed by atoms with Crippen LogP contribution in [0.4, 0.5) is 11.6 Å². The van der Waals surface area contributed by atoms with Crippen molar-refractivity contribution in [1.82, 2.24) is 9.97 Å². The highest BCUT2D eigenvalue weighted by molar-refractivity contribution is 5.50. The molecule has 2 atom stereocenters. The summed E-state index contributed by atoms with van der Waals surface area (Å²) in [5, 5.41) is 12.9. The third-order valence-electron chi connectivity index (χ3n) is 5.24. The molecular formula is C19H24N4O. The average molecular weight is 324 g/mol. The number of fused-ring (bicyclic) bond motifs is 1. The largest absolute Gasteiger partial charge is 0.396 e. The minimum Gasteiger partial charge on any atom is -0.396 e. The zero-order chi connectivity index (χ0) is 16.4. The van der Waals surface area contributed by atoms with Crippen LogP contribution in [0, 0.1) is 5.92 Å². The van der Waals surface area contributed by atoms with Crippen molar-refractivity contribution in [1.29, 1.82) is 0 Å². The quantitative estimate of drug-likeness (QED) is 0.884. The van der Waals surface area contributed by atoms with E-state index in [2.05, 4.69) is 44.5 Å². The number of hydrogen-bond acceptors (Lipinski definition) is 5. The predicted octanol–water partition coefficient (Wildman–Crippen LogP) is 2.44. The number of benzene rings is 1. The van der Waals surface area contributed by atoms with E-state index in [1.807, 2.05) is 6.07 Å². The van der Waals surface area contributed by atoms with Crippen LogP contribution in [0.2, 0.25) is 0 Å². The van der Waals surface area contributed by atoms with Crippen LogP contribution in [0.3, 0.4) is 0 Å². The molecule has 0 unspecified atom stereocenters. The molecule has 1 saturated heterocycles. The maximum Gasteiger partial charge on any atom is 0.134 e. The van der Waals surface area contributed by atoms with Crippen LogP contribution in [0.1, 0.15) is 29.9 Å². The van der Waals surface area contributed by atoms with Crippen molar-refractivity contribution < 1.29 is 5.11 Å². The maximum atomic E-state index is 9.40. The van der Waals surface area contributed by atoms with E-state index < -0.39 is 0 Å². The lowest BCUT2D eigenvalue weighted by Crippen LogP contribution is -2.37. The summed E-state index contributed by atoms with van der Waals surface area (Å²) in [6, 6.07) is 10.7. The van der Waals surface area contributed by atoms with Crippen molar-refractivity contribution in [3.8, 4) is 0 Å². The molecule has 5 nitrogen and oxygen atoms in total. The molecule has 0 amide bonds. The second-order valence-electron chi connectivity index (χ2n) is 6.88. The number of rotatable bonds is 5. The van der Waals surface area contributed by atoms with Gasteiger partial charge in [0, 0.05) is 38.2 Å². The molecule has 0 saturated carbocycles. The molecule has 126 valence electrons. The fourth-order valence-electron chi connectivity index (χ4n) is 3.81. The van der Waals surface area contributed by atoms with Crippen LogP contribution >= 0.6 is 0 Å². The Morgan fingerprint density at radius 3 is 3.04 bits per heavy atom. The molecule has 2 aliphatic rings. The highest BCUT2D eigenvalue weighted by Gasteiger charge is 2.25. The van der Waals surface area contributed by atoms with Gasteiger partial charge in [0.2, 0.25) is 0 Å². The van der Waals surface area contributed by atoms with Gasteiger partial charge in [-0.3, -0.25) is 0 Å². The van der Waals surface area contributed by atoms with Gasteiger partial charge in [-0.1, -0.05) is 24.3 Å². The normalized spacial score (nSPS) is 22.6. The second kappa shape index (κ2) is 6.77. The van der Waals surface area contributed by atoms with Gasteiger partial charge in [-0.25, -0.2) is 9.97 Å². The smallest absolute Gasteiger partial charge is 0.134 e. The molecule has 2 aromatic rings. The summed E-state index contributed by atoms with van der Waals surface area (Å²) in [7, 11) is 0. The molecule has 0 radical (unpaired) electrons. The van der Waals surface area contributed by atoms with Crippen molar-refractivity contribution in [2.75, 3.05) is 36.5 Å². The molecule has 1 aliphatic carbocycles. The van der Waals surface area contributed by atoms with Crippen LogP contribution in [0.5, 0.6) is 0 Å². The Morgan fingerprint density at radius 2 is 2.17 bits per heavy atom. The molecule has 1 aliphatic heterocycles. The summed E-state index contributed by atoms with van der Waals surface area (Å²) in [5.74, 6) is 2.78. The number of nitrogens with one attached hydrogen (secondary N) is 1. The van der Waals surface area contributed by atoms with E-state index in [1.54, 1.807) is 6.33 Å². The van der Waals surface area contributed by atoms with E-state index in [0.29, 0.717) is 11.8 Å². The second-order valence-corrected chi connectivity index (χ2v) is 6.88. The average Bonchev–Trinajstić information content (AvgIpc) is 2.63. The van der Waals surface area contributed by atoms with Gasteiger partial charge in [-0.2, -0.15) is 0 Å². The number of nitrogens with zero attached hydrogens (tertiary/aromatic N) is 3. The van der Waals surface area contributed by atoms with Crippen molar-refractivity contribution in [3.63, 3.8) is 0 Å². The summed E-state index contributed by atoms with van der Waals surface area (Å²) in [5.41, 5.74) is 2.93. The molecule has 1 aromatic heterocycles. The SMILES string of the molecule is OC[C@H]1CCCN(c2cc(NC[C@H]3Cc4ccccc43)ncn2)C1. The van der Waals surface area contributed by atoms with Crippen molar-refractivity contribution in [2.45, 2.75) is 25.2 Å². The number of aliphatic hydroxyl groups excluding tert-OH is 1. The Balaban J connectivity index is 1.38. The maximum absolute atomic E-state index is 9.40. The number of aliphatic hydroxyl groups is 1. The Hall–Kier alpha value is -2.14. The Morgan fingerprint density at radius 1 is 1.25 bits per heavy atom. The van der Waals surface area contributed by atoms with Gasteiger partial charge >= 0.3 is 0 Å². The van der Waals surface area contributed by atoms with Gasteiger partial charge < -0.3 is 15.3 Å². The van der Waals surface area contributed by atoms with Crippen molar-refractivity contribution in [3.05, 3.63) is 47.8 Å². The summed E-state index contributed by atoms with van der Waals surface area (Å²) >= 11 is 0. The minimum atomic E-state index is 0.258. The lowest BCUT2D eigenvalue weighted by atomic mass is 9.77. The molecular weight excluding hydrogens is 300 g/mol. The van der Waals surface area contributed by atoms with E-state index in [4.69, 9.17) is 0 Å². The van der Waals surface area contributed by atoms with E-state index in [1.165, 1.54) is 11.1 Å². The Bertz CT molecular complexity index is 705. The van der Waals surface area contributed by atoms with Gasteiger partial charge in [0.1, 0.15) is 18.0 Å². The topological polar surface area (TPSA) is 61.3 Å². The van der Waals surface area contributed by atoms with E-state index in [-0.39, 0.29) is 6.61 Å². The van der Waals surface area contributed by atoms with E-state index >= 15 is 0 Å². The first-order valence-corrected chi connectivity index (χ1v) is 8.83. The lowest BCUT2D eigenvalue weighted by molar-refractivity contribution is 0.208. The third-order valence-corrected chi connectivity index (χ3v) is 5.24. The Labute approximate surface area is 142 Å². The standard InChI is InChI=1S/C19H24N4O/c24-12-14-4-3-7-23(11-14)19-9-18(21-13-22-19)20-10-16-8-15-5-1-2-6-17(15)16/h1-2,5-6,9,13-14,16,24H,3-4,7-8,10-12H2,(H,20,21,22)/t14-,16+/m0/s1. The van der Waals surface area contributed by atoms with Crippen LogP contribution in [-0.4, -0.2) is 41.3 Å².